The molecule has 0 saturated carbocycles. The van der Waals surface area contributed by atoms with Crippen LogP contribution in [0.4, 0.5) is 4.39 Å². The highest BCUT2D eigenvalue weighted by molar-refractivity contribution is 6.00. The second-order valence-corrected chi connectivity index (χ2v) is 7.35. The van der Waals surface area contributed by atoms with E-state index in [1.54, 1.807) is 16.8 Å². The van der Waals surface area contributed by atoms with Gasteiger partial charge in [-0.2, -0.15) is 5.10 Å². The molecule has 1 amide bonds. The molecule has 8 heteroatoms. The molecule has 0 aliphatic carbocycles. The highest BCUT2D eigenvalue weighted by atomic mass is 19.1. The maximum Gasteiger partial charge on any atom is 0.256 e. The van der Waals surface area contributed by atoms with Gasteiger partial charge in [-0.3, -0.25) is 9.78 Å². The number of pyridine rings is 1. The van der Waals surface area contributed by atoms with Crippen LogP contribution in [0.3, 0.4) is 0 Å². The molecular formula is C20H19FN6O. The topological polar surface area (TPSA) is 77.1 Å². The molecule has 28 heavy (non-hydrogen) atoms. The van der Waals surface area contributed by atoms with Gasteiger partial charge in [-0.1, -0.05) is 0 Å². The molecule has 4 aromatic rings. The molecule has 142 valence electrons. The number of nitrogens with one attached hydrogen (secondary N) is 1. The van der Waals surface area contributed by atoms with Gasteiger partial charge in [0.1, 0.15) is 17.0 Å². The molecule has 1 aliphatic heterocycles. The smallest absolute Gasteiger partial charge is 0.256 e. The Morgan fingerprint density at radius 3 is 2.96 bits per heavy atom. The lowest BCUT2D eigenvalue weighted by molar-refractivity contribution is 0.0940. The van der Waals surface area contributed by atoms with E-state index >= 15 is 0 Å². The minimum atomic E-state index is -0.360. The SMILES string of the molecule is CC1c2cc(F)cnc2CC[C@@H](C)NC(=O)c2cnn3cc4ccn1c4nc23. The number of aromatic nitrogens is 5. The average Bonchev–Trinajstić information content (AvgIpc) is 3.27. The molecule has 0 saturated heterocycles. The molecule has 0 aromatic carbocycles. The predicted octanol–water partition coefficient (Wildman–Crippen LogP) is 2.89. The van der Waals surface area contributed by atoms with Crippen molar-refractivity contribution >= 4 is 22.6 Å². The van der Waals surface area contributed by atoms with Crippen molar-refractivity contribution in [1.82, 2.24) is 29.5 Å². The van der Waals surface area contributed by atoms with Gasteiger partial charge in [0, 0.05) is 29.5 Å². The summed E-state index contributed by atoms with van der Waals surface area (Å²) in [6.45, 7) is 3.96. The van der Waals surface area contributed by atoms with E-state index in [4.69, 9.17) is 4.98 Å². The highest BCUT2D eigenvalue weighted by Crippen LogP contribution is 2.28. The zero-order valence-corrected chi connectivity index (χ0v) is 15.6. The van der Waals surface area contributed by atoms with E-state index in [1.165, 1.54) is 6.20 Å². The molecule has 0 radical (unpaired) electrons. The number of hydrogen-bond acceptors (Lipinski definition) is 4. The van der Waals surface area contributed by atoms with Gasteiger partial charge in [-0.05, 0) is 44.4 Å². The van der Waals surface area contributed by atoms with Crippen molar-refractivity contribution in [1.29, 1.82) is 0 Å². The summed E-state index contributed by atoms with van der Waals surface area (Å²) >= 11 is 0. The highest BCUT2D eigenvalue weighted by Gasteiger charge is 2.22. The van der Waals surface area contributed by atoms with E-state index in [0.717, 1.165) is 22.3 Å². The van der Waals surface area contributed by atoms with E-state index in [0.29, 0.717) is 24.1 Å². The molecule has 1 aliphatic rings. The third-order valence-corrected chi connectivity index (χ3v) is 5.43. The van der Waals surface area contributed by atoms with Gasteiger partial charge in [0.05, 0.1) is 18.4 Å². The molecule has 7 nitrogen and oxygen atoms in total. The van der Waals surface area contributed by atoms with Gasteiger partial charge in [0.15, 0.2) is 5.65 Å². The first-order valence-electron chi connectivity index (χ1n) is 9.31. The fraction of sp³-hybridized carbons (Fsp3) is 0.300. The van der Waals surface area contributed by atoms with Crippen LogP contribution < -0.4 is 5.32 Å². The Balaban J connectivity index is 1.78. The maximum absolute atomic E-state index is 14.0. The zero-order chi connectivity index (χ0) is 19.4. The Kier molecular flexibility index (Phi) is 3.68. The van der Waals surface area contributed by atoms with Crippen molar-refractivity contribution in [3.63, 3.8) is 0 Å². The molecule has 0 spiro atoms. The number of carbonyl (C=O) groups is 1. The van der Waals surface area contributed by atoms with Crippen LogP contribution in [0.15, 0.2) is 36.9 Å². The lowest BCUT2D eigenvalue weighted by Gasteiger charge is -2.19. The molecule has 2 atom stereocenters. The Morgan fingerprint density at radius 1 is 1.25 bits per heavy atom. The number of halogens is 1. The number of carbonyl (C=O) groups excluding carboxylic acids is 1. The third kappa shape index (κ3) is 2.56. The van der Waals surface area contributed by atoms with Crippen LogP contribution >= 0.6 is 0 Å². The minimum absolute atomic E-state index is 0.0686. The number of rotatable bonds is 0. The van der Waals surface area contributed by atoms with Crippen LogP contribution in [0.1, 0.15) is 47.9 Å². The molecule has 1 unspecified atom stereocenters. The Morgan fingerprint density at radius 2 is 2.11 bits per heavy atom. The molecule has 1 N–H and O–H groups in total. The molecule has 5 heterocycles. The zero-order valence-electron chi connectivity index (χ0n) is 15.6. The number of fused-ring (bicyclic) bond motifs is 1. The summed E-state index contributed by atoms with van der Waals surface area (Å²) in [5.41, 5.74) is 3.32. The normalized spacial score (nSPS) is 20.0. The number of nitrogens with zero attached hydrogens (tertiary/aromatic N) is 5. The second kappa shape index (κ2) is 6.12. The summed E-state index contributed by atoms with van der Waals surface area (Å²) < 4.78 is 17.6. The van der Waals surface area contributed by atoms with Crippen LogP contribution in [0.2, 0.25) is 0 Å². The van der Waals surface area contributed by atoms with Crippen LogP contribution in [-0.4, -0.2) is 36.1 Å². The van der Waals surface area contributed by atoms with Gasteiger partial charge in [-0.15, -0.1) is 0 Å². The van der Waals surface area contributed by atoms with E-state index in [9.17, 15) is 9.18 Å². The molecule has 2 bridgehead atoms. The summed E-state index contributed by atoms with van der Waals surface area (Å²) in [6.07, 6.45) is 7.91. The fourth-order valence-corrected chi connectivity index (χ4v) is 3.87. The first-order chi connectivity index (χ1) is 13.5. The van der Waals surface area contributed by atoms with Gasteiger partial charge < -0.3 is 9.88 Å². The fourth-order valence-electron chi connectivity index (χ4n) is 3.87. The maximum atomic E-state index is 14.0. The van der Waals surface area contributed by atoms with Crippen LogP contribution in [0.5, 0.6) is 0 Å². The van der Waals surface area contributed by atoms with Gasteiger partial charge in [0.2, 0.25) is 0 Å². The van der Waals surface area contributed by atoms with Crippen LogP contribution in [0, 0.1) is 5.82 Å². The largest absolute Gasteiger partial charge is 0.349 e. The van der Waals surface area contributed by atoms with E-state index < -0.39 is 0 Å². The molecule has 0 fully saturated rings. The molecular weight excluding hydrogens is 359 g/mol. The van der Waals surface area contributed by atoms with Gasteiger partial charge in [0.25, 0.3) is 5.91 Å². The molecule has 4 aromatic heterocycles. The van der Waals surface area contributed by atoms with Crippen molar-refractivity contribution in [2.75, 3.05) is 0 Å². The van der Waals surface area contributed by atoms with Gasteiger partial charge >= 0.3 is 0 Å². The lowest BCUT2D eigenvalue weighted by atomic mass is 10.0. The Hall–Kier alpha value is -3.29. The summed E-state index contributed by atoms with van der Waals surface area (Å²) in [6, 6.07) is 3.27. The number of amides is 1. The van der Waals surface area contributed by atoms with E-state index in [2.05, 4.69) is 15.4 Å². The van der Waals surface area contributed by atoms with Crippen molar-refractivity contribution < 1.29 is 9.18 Å². The average molecular weight is 378 g/mol. The van der Waals surface area contributed by atoms with Crippen molar-refractivity contribution in [3.05, 3.63) is 59.6 Å². The second-order valence-electron chi connectivity index (χ2n) is 7.35. The van der Waals surface area contributed by atoms with E-state index in [1.807, 2.05) is 36.9 Å². The molecule has 5 rings (SSSR count). The number of aryl methyl sites for hydroxylation is 1. The van der Waals surface area contributed by atoms with Crippen molar-refractivity contribution in [3.8, 4) is 0 Å². The monoisotopic (exact) mass is 378 g/mol. The quantitative estimate of drug-likeness (QED) is 0.510. The summed E-state index contributed by atoms with van der Waals surface area (Å²) in [4.78, 5) is 21.8. The van der Waals surface area contributed by atoms with Gasteiger partial charge in [-0.25, -0.2) is 13.9 Å². The number of hydrogen-bond donors (Lipinski definition) is 1. The Labute approximate surface area is 160 Å². The first kappa shape index (κ1) is 16.9. The standard InChI is InChI=1S/C20H19FN6O/c1-11-3-4-17-15(7-14(21)8-22-17)12(2)26-6-5-13-10-27-19(25-18(13)26)16(9-23-27)20(28)24-11/h5-12H,3-4H2,1-2H3,(H,24,28)/t11-,12?/m1/s1. The first-order valence-corrected chi connectivity index (χ1v) is 9.31. The minimum Gasteiger partial charge on any atom is -0.349 e. The van der Waals surface area contributed by atoms with Crippen molar-refractivity contribution in [2.45, 2.75) is 38.8 Å². The third-order valence-electron chi connectivity index (χ3n) is 5.43. The van der Waals surface area contributed by atoms with Crippen LogP contribution in [0.25, 0.3) is 16.7 Å². The van der Waals surface area contributed by atoms with E-state index in [-0.39, 0.29) is 23.8 Å². The van der Waals surface area contributed by atoms with Crippen molar-refractivity contribution in [2.24, 2.45) is 0 Å². The predicted molar refractivity (Wildman–Crippen MR) is 102 cm³/mol. The van der Waals surface area contributed by atoms with Crippen LogP contribution in [-0.2, 0) is 6.42 Å². The summed E-state index contributed by atoms with van der Waals surface area (Å²) in [5.74, 6) is -0.562. The summed E-state index contributed by atoms with van der Waals surface area (Å²) in [5, 5.41) is 8.18. The Bertz CT molecular complexity index is 1230. The lowest BCUT2D eigenvalue weighted by Crippen LogP contribution is -2.33. The summed E-state index contributed by atoms with van der Waals surface area (Å²) in [7, 11) is 0.